The summed E-state index contributed by atoms with van der Waals surface area (Å²) in [5, 5.41) is 18.4. The molecule has 6 rings (SSSR count). The van der Waals surface area contributed by atoms with Crippen molar-refractivity contribution in [1.82, 2.24) is 20.7 Å². The lowest BCUT2D eigenvalue weighted by atomic mass is 10.0. The Balaban J connectivity index is 0.000000228. The minimum absolute atomic E-state index is 0.00244. The second kappa shape index (κ2) is 21.6. The third-order valence-electron chi connectivity index (χ3n) is 10.3. The molecule has 8 nitrogen and oxygen atoms in total. The Kier molecular flexibility index (Phi) is 16.3. The monoisotopic (exact) mass is 834 g/mol. The number of carbonyl (C=O) groups excluding carboxylic acids is 2. The molecule has 4 aromatic carbocycles. The van der Waals surface area contributed by atoms with Gasteiger partial charge in [-0.25, -0.2) is 0 Å². The van der Waals surface area contributed by atoms with Gasteiger partial charge in [-0.1, -0.05) is 124 Å². The largest absolute Gasteiger partial charge is 0.416 e. The first-order valence-corrected chi connectivity index (χ1v) is 20.4. The van der Waals surface area contributed by atoms with E-state index in [0.717, 1.165) is 87.0 Å². The molecular formula is C46H52F6N6O2. The van der Waals surface area contributed by atoms with Crippen molar-refractivity contribution in [2.75, 3.05) is 13.1 Å². The molecule has 0 saturated carbocycles. The van der Waals surface area contributed by atoms with E-state index in [1.54, 1.807) is 12.1 Å². The van der Waals surface area contributed by atoms with E-state index in [2.05, 4.69) is 34.7 Å². The summed E-state index contributed by atoms with van der Waals surface area (Å²) in [7, 11) is 0. The summed E-state index contributed by atoms with van der Waals surface area (Å²) < 4.78 is 77.3. The van der Waals surface area contributed by atoms with E-state index < -0.39 is 23.5 Å². The van der Waals surface area contributed by atoms with Crippen LogP contribution in [0.25, 0.3) is 0 Å². The fourth-order valence-electron chi connectivity index (χ4n) is 7.06. The van der Waals surface area contributed by atoms with E-state index in [-0.39, 0.29) is 37.0 Å². The molecule has 2 aliphatic heterocycles. The second-order valence-corrected chi connectivity index (χ2v) is 14.9. The summed E-state index contributed by atoms with van der Waals surface area (Å²) in [5.41, 5.74) is 2.36. The van der Waals surface area contributed by atoms with Gasteiger partial charge in [-0.05, 0) is 59.4 Å². The van der Waals surface area contributed by atoms with Crippen molar-refractivity contribution in [1.29, 1.82) is 0 Å². The lowest BCUT2D eigenvalue weighted by molar-refractivity contribution is -0.138. The van der Waals surface area contributed by atoms with Crippen LogP contribution >= 0.6 is 0 Å². The zero-order chi connectivity index (χ0) is 43.1. The predicted molar refractivity (Wildman–Crippen MR) is 222 cm³/mol. The summed E-state index contributed by atoms with van der Waals surface area (Å²) >= 11 is 0. The molecular weight excluding hydrogens is 783 g/mol. The van der Waals surface area contributed by atoms with E-state index in [4.69, 9.17) is 0 Å². The van der Waals surface area contributed by atoms with Crippen LogP contribution in [0, 0.1) is 0 Å². The van der Waals surface area contributed by atoms with E-state index in [1.165, 1.54) is 12.1 Å². The molecule has 2 aliphatic rings. The van der Waals surface area contributed by atoms with Crippen LogP contribution in [-0.2, 0) is 35.0 Å². The highest BCUT2D eigenvalue weighted by atomic mass is 19.4. The first kappa shape index (κ1) is 45.4. The van der Waals surface area contributed by atoms with E-state index in [9.17, 15) is 35.9 Å². The van der Waals surface area contributed by atoms with Crippen LogP contribution in [0.1, 0.15) is 111 Å². The van der Waals surface area contributed by atoms with Gasteiger partial charge >= 0.3 is 12.4 Å². The minimum atomic E-state index is -4.41. The van der Waals surface area contributed by atoms with Crippen LogP contribution in [0.2, 0.25) is 0 Å². The molecule has 320 valence electrons. The number of carbonyl (C=O) groups is 2. The molecule has 2 atom stereocenters. The van der Waals surface area contributed by atoms with Crippen LogP contribution < -0.4 is 10.6 Å². The standard InChI is InChI=1S/2C23H26F3N3O/c2*1-2-3-7-13-29-21(18-10-5-4-6-11-18)15-20(28-29)22(30)27-16-17-9-8-12-19(14-17)23(24,25)26/h2*4-6,8-12,14,21H,2-3,7,13,15-16H2,1H3,(H,27,30). The van der Waals surface area contributed by atoms with Gasteiger partial charge in [0, 0.05) is 39.0 Å². The molecule has 2 heterocycles. The SMILES string of the molecule is CCCCCN1N=C(C(=O)NCc2cccc(C(F)(F)F)c2)CC1c1ccccc1.CCCCCN1N=C(C(=O)NCc2cccc(C(F)(F)F)c2)CC1c1ccccc1. The second-order valence-electron chi connectivity index (χ2n) is 14.9. The summed E-state index contributed by atoms with van der Waals surface area (Å²) in [5.74, 6) is -0.683. The van der Waals surface area contributed by atoms with Gasteiger partial charge in [-0.3, -0.25) is 19.6 Å². The van der Waals surface area contributed by atoms with Gasteiger partial charge in [0.1, 0.15) is 11.4 Å². The van der Waals surface area contributed by atoms with E-state index in [1.807, 2.05) is 70.7 Å². The fraction of sp³-hybridized carbons (Fsp3) is 0.391. The molecule has 14 heteroatoms. The number of nitrogens with zero attached hydrogens (tertiary/aromatic N) is 4. The highest BCUT2D eigenvalue weighted by molar-refractivity contribution is 6.39. The summed E-state index contributed by atoms with van der Waals surface area (Å²) in [6.07, 6.45) is -1.51. The van der Waals surface area contributed by atoms with Gasteiger partial charge in [0.25, 0.3) is 11.8 Å². The Labute approximate surface area is 347 Å². The van der Waals surface area contributed by atoms with Gasteiger partial charge in [-0.15, -0.1) is 0 Å². The highest BCUT2D eigenvalue weighted by Gasteiger charge is 2.34. The number of halogens is 6. The van der Waals surface area contributed by atoms with Crippen molar-refractivity contribution in [2.24, 2.45) is 10.2 Å². The highest BCUT2D eigenvalue weighted by Crippen LogP contribution is 2.33. The maximum atomic E-state index is 12.9. The molecule has 2 N–H and O–H groups in total. The third-order valence-corrected chi connectivity index (χ3v) is 10.3. The molecule has 0 spiro atoms. The Hall–Kier alpha value is -5.66. The normalized spacial score (nSPS) is 16.5. The molecule has 2 amide bonds. The Morgan fingerprint density at radius 3 is 1.30 bits per heavy atom. The molecule has 0 bridgehead atoms. The average molecular weight is 835 g/mol. The molecule has 0 aromatic heterocycles. The molecule has 0 fully saturated rings. The average Bonchev–Trinajstić information content (AvgIpc) is 3.88. The lowest BCUT2D eigenvalue weighted by Crippen LogP contribution is -2.30. The molecule has 0 saturated heterocycles. The summed E-state index contributed by atoms with van der Waals surface area (Å²) in [6, 6.07) is 29.8. The number of hydrogen-bond donors (Lipinski definition) is 2. The quantitative estimate of drug-likeness (QED) is 0.0869. The van der Waals surface area contributed by atoms with Gasteiger partial charge < -0.3 is 10.6 Å². The first-order valence-electron chi connectivity index (χ1n) is 20.4. The predicted octanol–water partition coefficient (Wildman–Crippen LogP) is 10.6. The smallest absolute Gasteiger partial charge is 0.347 e. The number of amides is 2. The molecule has 0 radical (unpaired) electrons. The number of nitrogens with one attached hydrogen (secondary N) is 2. The fourth-order valence-corrected chi connectivity index (χ4v) is 7.06. The van der Waals surface area contributed by atoms with Crippen LogP contribution in [-0.4, -0.2) is 46.3 Å². The summed E-state index contributed by atoms with van der Waals surface area (Å²) in [6.45, 7) is 5.83. The van der Waals surface area contributed by atoms with Crippen LogP contribution in [0.5, 0.6) is 0 Å². The maximum Gasteiger partial charge on any atom is 0.416 e. The zero-order valence-corrected chi connectivity index (χ0v) is 33.9. The van der Waals surface area contributed by atoms with Crippen molar-refractivity contribution in [2.45, 2.75) is 103 Å². The van der Waals surface area contributed by atoms with E-state index in [0.29, 0.717) is 35.4 Å². The van der Waals surface area contributed by atoms with Crippen LogP contribution in [0.15, 0.2) is 119 Å². The van der Waals surface area contributed by atoms with Crippen molar-refractivity contribution in [3.05, 3.63) is 143 Å². The number of hydrogen-bond acceptors (Lipinski definition) is 6. The van der Waals surface area contributed by atoms with Gasteiger partial charge in [-0.2, -0.15) is 36.5 Å². The zero-order valence-electron chi connectivity index (χ0n) is 33.9. The van der Waals surface area contributed by atoms with E-state index >= 15 is 0 Å². The molecule has 2 unspecified atom stereocenters. The summed E-state index contributed by atoms with van der Waals surface area (Å²) in [4.78, 5) is 25.3. The Morgan fingerprint density at radius 2 is 0.950 bits per heavy atom. The van der Waals surface area contributed by atoms with Crippen molar-refractivity contribution < 1.29 is 35.9 Å². The van der Waals surface area contributed by atoms with Gasteiger partial charge in [0.2, 0.25) is 0 Å². The van der Waals surface area contributed by atoms with Crippen LogP contribution in [0.4, 0.5) is 26.3 Å². The van der Waals surface area contributed by atoms with Gasteiger partial charge in [0.15, 0.2) is 0 Å². The van der Waals surface area contributed by atoms with Crippen molar-refractivity contribution >= 4 is 23.2 Å². The molecule has 0 aliphatic carbocycles. The van der Waals surface area contributed by atoms with Crippen molar-refractivity contribution in [3.63, 3.8) is 0 Å². The topological polar surface area (TPSA) is 89.4 Å². The number of benzene rings is 4. The Bertz CT molecular complexity index is 1910. The van der Waals surface area contributed by atoms with Gasteiger partial charge in [0.05, 0.1) is 23.2 Å². The number of hydrazone groups is 2. The number of alkyl halides is 6. The number of rotatable bonds is 16. The van der Waals surface area contributed by atoms with Crippen molar-refractivity contribution in [3.8, 4) is 0 Å². The number of unbranched alkanes of at least 4 members (excludes halogenated alkanes) is 4. The maximum absolute atomic E-state index is 12.9. The first-order chi connectivity index (χ1) is 28.8. The van der Waals surface area contributed by atoms with Crippen LogP contribution in [0.3, 0.4) is 0 Å². The molecule has 60 heavy (non-hydrogen) atoms. The molecule has 4 aromatic rings. The third kappa shape index (κ3) is 13.2. The Morgan fingerprint density at radius 1 is 0.567 bits per heavy atom. The minimum Gasteiger partial charge on any atom is -0.347 e. The lowest BCUT2D eigenvalue weighted by Gasteiger charge is -2.23.